The van der Waals surface area contributed by atoms with Crippen LogP contribution in [0.5, 0.6) is 0 Å². The summed E-state index contributed by atoms with van der Waals surface area (Å²) < 4.78 is 0. The van der Waals surface area contributed by atoms with Crippen molar-refractivity contribution in [2.75, 3.05) is 25.0 Å². The van der Waals surface area contributed by atoms with Crippen LogP contribution in [0, 0.1) is 0 Å². The SMILES string of the molecule is O=C(CNc1cc(-c2ccc(Cl)cn2)ncn1)N1CCC1. The van der Waals surface area contributed by atoms with E-state index in [1.807, 2.05) is 4.90 Å². The zero-order valence-corrected chi connectivity index (χ0v) is 12.0. The number of likely N-dealkylation sites (tertiary alicyclic amines) is 1. The van der Waals surface area contributed by atoms with Crippen molar-refractivity contribution in [1.29, 1.82) is 0 Å². The number of carbonyl (C=O) groups is 1. The van der Waals surface area contributed by atoms with E-state index >= 15 is 0 Å². The molecule has 0 aliphatic carbocycles. The van der Waals surface area contributed by atoms with Gasteiger partial charge in [0.25, 0.3) is 0 Å². The highest BCUT2D eigenvalue weighted by Crippen LogP contribution is 2.18. The van der Waals surface area contributed by atoms with Crippen LogP contribution in [0.1, 0.15) is 6.42 Å². The Hall–Kier alpha value is -2.21. The Labute approximate surface area is 127 Å². The average molecular weight is 304 g/mol. The van der Waals surface area contributed by atoms with Crippen molar-refractivity contribution in [3.05, 3.63) is 35.7 Å². The van der Waals surface area contributed by atoms with Crippen molar-refractivity contribution < 1.29 is 4.79 Å². The molecule has 0 aromatic carbocycles. The van der Waals surface area contributed by atoms with Gasteiger partial charge in [-0.3, -0.25) is 9.78 Å². The molecule has 6 nitrogen and oxygen atoms in total. The molecule has 108 valence electrons. The predicted molar refractivity (Wildman–Crippen MR) is 80.0 cm³/mol. The van der Waals surface area contributed by atoms with Crippen molar-refractivity contribution in [2.24, 2.45) is 0 Å². The van der Waals surface area contributed by atoms with Gasteiger partial charge >= 0.3 is 0 Å². The second-order valence-corrected chi connectivity index (χ2v) is 5.17. The van der Waals surface area contributed by atoms with Crippen molar-refractivity contribution in [2.45, 2.75) is 6.42 Å². The van der Waals surface area contributed by atoms with E-state index in [4.69, 9.17) is 11.6 Å². The van der Waals surface area contributed by atoms with Crippen molar-refractivity contribution in [3.63, 3.8) is 0 Å². The average Bonchev–Trinajstić information content (AvgIpc) is 2.44. The molecular weight excluding hydrogens is 290 g/mol. The Morgan fingerprint density at radius 3 is 2.76 bits per heavy atom. The molecule has 3 heterocycles. The van der Waals surface area contributed by atoms with Crippen LogP contribution >= 0.6 is 11.6 Å². The first-order chi connectivity index (χ1) is 10.2. The lowest BCUT2D eigenvalue weighted by Gasteiger charge is -2.30. The molecule has 1 aliphatic rings. The van der Waals surface area contributed by atoms with Crippen LogP contribution in [0.15, 0.2) is 30.7 Å². The van der Waals surface area contributed by atoms with Crippen LogP contribution in [-0.4, -0.2) is 45.4 Å². The number of aromatic nitrogens is 3. The van der Waals surface area contributed by atoms with E-state index in [1.54, 1.807) is 24.4 Å². The van der Waals surface area contributed by atoms with E-state index in [1.165, 1.54) is 6.33 Å². The lowest BCUT2D eigenvalue weighted by atomic mass is 10.2. The van der Waals surface area contributed by atoms with Crippen LogP contribution in [0.4, 0.5) is 5.82 Å². The highest BCUT2D eigenvalue weighted by molar-refractivity contribution is 6.30. The number of nitrogens with one attached hydrogen (secondary N) is 1. The Morgan fingerprint density at radius 1 is 1.24 bits per heavy atom. The van der Waals surface area contributed by atoms with E-state index in [2.05, 4.69) is 20.3 Å². The fourth-order valence-corrected chi connectivity index (χ4v) is 2.08. The predicted octanol–water partition coefficient (Wildman–Crippen LogP) is 1.84. The van der Waals surface area contributed by atoms with Gasteiger partial charge in [-0.2, -0.15) is 0 Å². The molecular formula is C14H14ClN5O. The molecule has 0 unspecified atom stereocenters. The van der Waals surface area contributed by atoms with Gasteiger partial charge in [0.05, 0.1) is 23.0 Å². The quantitative estimate of drug-likeness (QED) is 0.933. The summed E-state index contributed by atoms with van der Waals surface area (Å²) in [6, 6.07) is 5.31. The first kappa shape index (κ1) is 13.8. The lowest BCUT2D eigenvalue weighted by Crippen LogP contribution is -2.44. The number of anilines is 1. The van der Waals surface area contributed by atoms with Crippen molar-refractivity contribution in [3.8, 4) is 11.4 Å². The molecule has 0 radical (unpaired) electrons. The molecule has 7 heteroatoms. The fourth-order valence-electron chi connectivity index (χ4n) is 1.96. The summed E-state index contributed by atoms with van der Waals surface area (Å²) in [5.74, 6) is 0.691. The van der Waals surface area contributed by atoms with E-state index in [0.717, 1.165) is 19.5 Å². The number of pyridine rings is 1. The summed E-state index contributed by atoms with van der Waals surface area (Å²) in [5, 5.41) is 3.59. The highest BCUT2D eigenvalue weighted by Gasteiger charge is 2.19. The second-order valence-electron chi connectivity index (χ2n) is 4.74. The molecule has 1 saturated heterocycles. The number of rotatable bonds is 4. The molecule has 3 rings (SSSR count). The molecule has 0 bridgehead atoms. The number of hydrogen-bond donors (Lipinski definition) is 1. The Morgan fingerprint density at radius 2 is 2.10 bits per heavy atom. The third-order valence-electron chi connectivity index (χ3n) is 3.29. The number of nitrogens with zero attached hydrogens (tertiary/aromatic N) is 4. The standard InChI is InChI=1S/C14H14ClN5O/c15-10-2-3-11(16-7-10)12-6-13(19-9-18-12)17-8-14(21)20-4-1-5-20/h2-3,6-7,9H,1,4-5,8H2,(H,17,18,19). The molecule has 2 aromatic rings. The number of hydrogen-bond acceptors (Lipinski definition) is 5. The molecule has 0 saturated carbocycles. The largest absolute Gasteiger partial charge is 0.361 e. The monoisotopic (exact) mass is 303 g/mol. The smallest absolute Gasteiger partial charge is 0.241 e. The topological polar surface area (TPSA) is 71.0 Å². The minimum Gasteiger partial charge on any atom is -0.361 e. The van der Waals surface area contributed by atoms with Gasteiger partial charge in [0, 0.05) is 25.4 Å². The summed E-state index contributed by atoms with van der Waals surface area (Å²) in [6.07, 6.45) is 4.10. The summed E-state index contributed by atoms with van der Waals surface area (Å²) >= 11 is 5.81. The van der Waals surface area contributed by atoms with Gasteiger partial charge in [-0.1, -0.05) is 11.6 Å². The molecule has 1 N–H and O–H groups in total. The second kappa shape index (κ2) is 6.05. The maximum Gasteiger partial charge on any atom is 0.241 e. The maximum absolute atomic E-state index is 11.8. The van der Waals surface area contributed by atoms with Crippen molar-refractivity contribution >= 4 is 23.3 Å². The van der Waals surface area contributed by atoms with Crippen LogP contribution < -0.4 is 5.32 Å². The van der Waals surface area contributed by atoms with Crippen LogP contribution in [0.3, 0.4) is 0 Å². The van der Waals surface area contributed by atoms with Crippen LogP contribution in [0.2, 0.25) is 5.02 Å². The molecule has 0 atom stereocenters. The van der Waals surface area contributed by atoms with Gasteiger partial charge in [0.1, 0.15) is 12.1 Å². The molecule has 0 spiro atoms. The third kappa shape index (κ3) is 3.28. The van der Waals surface area contributed by atoms with E-state index in [0.29, 0.717) is 22.2 Å². The number of amides is 1. The molecule has 21 heavy (non-hydrogen) atoms. The lowest BCUT2D eigenvalue weighted by molar-refractivity contribution is -0.132. The van der Waals surface area contributed by atoms with Crippen molar-refractivity contribution in [1.82, 2.24) is 19.9 Å². The van der Waals surface area contributed by atoms with E-state index in [9.17, 15) is 4.79 Å². The Kier molecular flexibility index (Phi) is 3.96. The normalized spacial score (nSPS) is 13.7. The molecule has 1 fully saturated rings. The zero-order valence-electron chi connectivity index (χ0n) is 11.3. The number of carbonyl (C=O) groups excluding carboxylic acids is 1. The third-order valence-corrected chi connectivity index (χ3v) is 3.51. The van der Waals surface area contributed by atoms with Crippen LogP contribution in [-0.2, 0) is 4.79 Å². The zero-order chi connectivity index (χ0) is 14.7. The maximum atomic E-state index is 11.8. The van der Waals surface area contributed by atoms with Gasteiger partial charge in [-0.05, 0) is 18.6 Å². The van der Waals surface area contributed by atoms with E-state index in [-0.39, 0.29) is 12.5 Å². The van der Waals surface area contributed by atoms with Gasteiger partial charge in [-0.25, -0.2) is 9.97 Å². The minimum absolute atomic E-state index is 0.0889. The van der Waals surface area contributed by atoms with Gasteiger partial charge in [-0.15, -0.1) is 0 Å². The fraction of sp³-hybridized carbons (Fsp3) is 0.286. The van der Waals surface area contributed by atoms with E-state index < -0.39 is 0 Å². The van der Waals surface area contributed by atoms with Gasteiger partial charge in [0.2, 0.25) is 5.91 Å². The Bertz CT molecular complexity index is 642. The first-order valence-corrected chi connectivity index (χ1v) is 7.06. The number of halogens is 1. The molecule has 2 aromatic heterocycles. The summed E-state index contributed by atoms with van der Waals surface area (Å²) in [5.41, 5.74) is 1.39. The summed E-state index contributed by atoms with van der Waals surface area (Å²) in [7, 11) is 0. The summed E-state index contributed by atoms with van der Waals surface area (Å²) in [4.78, 5) is 26.1. The van der Waals surface area contributed by atoms with Gasteiger partial charge < -0.3 is 10.2 Å². The first-order valence-electron chi connectivity index (χ1n) is 6.68. The van der Waals surface area contributed by atoms with Crippen LogP contribution in [0.25, 0.3) is 11.4 Å². The molecule has 1 amide bonds. The summed E-state index contributed by atoms with van der Waals surface area (Å²) in [6.45, 7) is 1.94. The van der Waals surface area contributed by atoms with Gasteiger partial charge in [0.15, 0.2) is 0 Å². The molecule has 1 aliphatic heterocycles. The minimum atomic E-state index is 0.0889. The highest BCUT2D eigenvalue weighted by atomic mass is 35.5. The Balaban J connectivity index is 1.68.